The van der Waals surface area contributed by atoms with Crippen LogP contribution in [0.4, 0.5) is 0 Å². The van der Waals surface area contributed by atoms with Crippen LogP contribution >= 0.6 is 0 Å². The minimum Gasteiger partial charge on any atom is -0.454 e. The van der Waals surface area contributed by atoms with Crippen molar-refractivity contribution in [1.29, 1.82) is 0 Å². The maximum Gasteiger partial charge on any atom is 0.388 e. The maximum absolute atomic E-state index is 5.51. The van der Waals surface area contributed by atoms with Gasteiger partial charge in [0.2, 0.25) is 0 Å². The third-order valence-electron chi connectivity index (χ3n) is 2.07. The Labute approximate surface area is 79.5 Å². The Bertz CT molecular complexity index is 241. The Hall–Kier alpha value is -0.990. The normalized spacial score (nSPS) is 17.2. The summed E-state index contributed by atoms with van der Waals surface area (Å²) in [6.45, 7) is 7.06. The van der Waals surface area contributed by atoms with Crippen molar-refractivity contribution in [2.75, 3.05) is 13.7 Å². The number of aliphatic imine (C=N–C) groups is 1. The van der Waals surface area contributed by atoms with Crippen molar-refractivity contribution in [2.24, 2.45) is 10.9 Å². The first-order valence-corrected chi connectivity index (χ1v) is 4.67. The predicted octanol–water partition coefficient (Wildman–Crippen LogP) is 2.34. The first kappa shape index (κ1) is 10.1. The number of ether oxygens (including phenoxy) is 2. The molecule has 3 nitrogen and oxygen atoms in total. The molecule has 0 radical (unpaired) electrons. The molecule has 0 atom stereocenters. The zero-order valence-electron chi connectivity index (χ0n) is 8.76. The van der Waals surface area contributed by atoms with E-state index in [9.17, 15) is 0 Å². The highest BCUT2D eigenvalue weighted by atomic mass is 16.7. The molecule has 0 aliphatic carbocycles. The van der Waals surface area contributed by atoms with E-state index in [1.807, 2.05) is 0 Å². The summed E-state index contributed by atoms with van der Waals surface area (Å²) < 4.78 is 10.5. The summed E-state index contributed by atoms with van der Waals surface area (Å²) in [5, 5.41) is 0. The van der Waals surface area contributed by atoms with E-state index >= 15 is 0 Å². The highest BCUT2D eigenvalue weighted by Gasteiger charge is 2.18. The molecule has 3 heteroatoms. The van der Waals surface area contributed by atoms with Crippen molar-refractivity contribution in [2.45, 2.75) is 27.2 Å². The molecule has 0 aromatic carbocycles. The van der Waals surface area contributed by atoms with E-state index in [2.05, 4.69) is 25.8 Å². The lowest BCUT2D eigenvalue weighted by molar-refractivity contribution is 0.219. The lowest BCUT2D eigenvalue weighted by atomic mass is 10.0. The Morgan fingerprint density at radius 3 is 2.69 bits per heavy atom. The standard InChI is InChI=1S/C10H17NO2/c1-5-8-6-11-10(12-4)13-9(8)7(2)3/h7H,5-6H2,1-4H3. The van der Waals surface area contributed by atoms with Crippen LogP contribution in [0.25, 0.3) is 0 Å². The molecule has 0 aromatic heterocycles. The quantitative estimate of drug-likeness (QED) is 0.658. The minimum atomic E-state index is 0.390. The number of rotatable bonds is 2. The van der Waals surface area contributed by atoms with Crippen molar-refractivity contribution in [1.82, 2.24) is 0 Å². The third-order valence-corrected chi connectivity index (χ3v) is 2.07. The van der Waals surface area contributed by atoms with E-state index in [0.717, 1.165) is 12.2 Å². The molecule has 0 amide bonds. The molecule has 0 fully saturated rings. The Morgan fingerprint density at radius 2 is 2.23 bits per heavy atom. The number of allylic oxidation sites excluding steroid dienone is 1. The molecule has 0 spiro atoms. The molecule has 0 saturated carbocycles. The SMILES string of the molecule is CCC1=C(C(C)C)OC(OC)=NC1. The van der Waals surface area contributed by atoms with Gasteiger partial charge in [0.15, 0.2) is 0 Å². The Kier molecular flexibility index (Phi) is 3.34. The van der Waals surface area contributed by atoms with Crippen molar-refractivity contribution >= 4 is 6.08 Å². The van der Waals surface area contributed by atoms with Crippen LogP contribution in [0.1, 0.15) is 27.2 Å². The molecule has 0 aromatic rings. The zero-order valence-corrected chi connectivity index (χ0v) is 8.76. The summed E-state index contributed by atoms with van der Waals surface area (Å²) in [5.74, 6) is 1.42. The number of nitrogens with zero attached hydrogens (tertiary/aromatic N) is 1. The van der Waals surface area contributed by atoms with Gasteiger partial charge in [-0.15, -0.1) is 0 Å². The lowest BCUT2D eigenvalue weighted by Crippen LogP contribution is -2.18. The van der Waals surface area contributed by atoms with E-state index in [1.165, 1.54) is 5.57 Å². The summed E-state index contributed by atoms with van der Waals surface area (Å²) in [4.78, 5) is 4.15. The van der Waals surface area contributed by atoms with Gasteiger partial charge in [0.1, 0.15) is 5.76 Å². The second kappa shape index (κ2) is 4.30. The Morgan fingerprint density at radius 1 is 1.54 bits per heavy atom. The second-order valence-electron chi connectivity index (χ2n) is 3.36. The van der Waals surface area contributed by atoms with Crippen molar-refractivity contribution in [3.05, 3.63) is 11.3 Å². The predicted molar refractivity (Wildman–Crippen MR) is 52.6 cm³/mol. The van der Waals surface area contributed by atoms with Crippen LogP contribution in [0.15, 0.2) is 16.3 Å². The van der Waals surface area contributed by atoms with Crippen LogP contribution in [0.3, 0.4) is 0 Å². The summed E-state index contributed by atoms with van der Waals surface area (Å²) in [5.41, 5.74) is 1.27. The van der Waals surface area contributed by atoms with Crippen LogP contribution in [-0.2, 0) is 9.47 Å². The summed E-state index contributed by atoms with van der Waals surface area (Å²) in [6, 6.07) is 0. The summed E-state index contributed by atoms with van der Waals surface area (Å²) in [7, 11) is 1.58. The maximum atomic E-state index is 5.51. The van der Waals surface area contributed by atoms with Gasteiger partial charge in [-0.25, -0.2) is 4.99 Å². The molecule has 74 valence electrons. The number of methoxy groups -OCH3 is 1. The fourth-order valence-electron chi connectivity index (χ4n) is 1.35. The van der Waals surface area contributed by atoms with Gasteiger partial charge in [0.25, 0.3) is 0 Å². The van der Waals surface area contributed by atoms with E-state index in [1.54, 1.807) is 7.11 Å². The monoisotopic (exact) mass is 183 g/mol. The number of hydrogen-bond acceptors (Lipinski definition) is 3. The largest absolute Gasteiger partial charge is 0.454 e. The van der Waals surface area contributed by atoms with Crippen molar-refractivity contribution in [3.8, 4) is 0 Å². The molecule has 0 N–H and O–H groups in total. The fourth-order valence-corrected chi connectivity index (χ4v) is 1.35. The third kappa shape index (κ3) is 2.23. The lowest BCUT2D eigenvalue weighted by Gasteiger charge is -2.21. The zero-order chi connectivity index (χ0) is 9.84. The van der Waals surface area contributed by atoms with Gasteiger partial charge in [0, 0.05) is 5.92 Å². The Balaban J connectivity index is 2.78. The first-order chi connectivity index (χ1) is 6.19. The highest BCUT2D eigenvalue weighted by molar-refractivity contribution is 5.69. The average Bonchev–Trinajstić information content (AvgIpc) is 2.16. The highest BCUT2D eigenvalue weighted by Crippen LogP contribution is 2.23. The van der Waals surface area contributed by atoms with Gasteiger partial charge in [0.05, 0.1) is 13.7 Å². The fraction of sp³-hybridized carbons (Fsp3) is 0.700. The molecule has 1 aliphatic heterocycles. The molecule has 1 heterocycles. The van der Waals surface area contributed by atoms with E-state index in [0.29, 0.717) is 18.5 Å². The molecule has 0 saturated heterocycles. The van der Waals surface area contributed by atoms with Gasteiger partial charge >= 0.3 is 6.08 Å². The van der Waals surface area contributed by atoms with Gasteiger partial charge in [-0.3, -0.25) is 0 Å². The van der Waals surface area contributed by atoms with Gasteiger partial charge in [-0.1, -0.05) is 20.8 Å². The second-order valence-corrected chi connectivity index (χ2v) is 3.36. The average molecular weight is 183 g/mol. The van der Waals surface area contributed by atoms with Crippen molar-refractivity contribution in [3.63, 3.8) is 0 Å². The van der Waals surface area contributed by atoms with Crippen molar-refractivity contribution < 1.29 is 9.47 Å². The molecule has 0 bridgehead atoms. The molecule has 1 aliphatic rings. The smallest absolute Gasteiger partial charge is 0.388 e. The number of hydrogen-bond donors (Lipinski definition) is 0. The first-order valence-electron chi connectivity index (χ1n) is 4.67. The van der Waals surface area contributed by atoms with Crippen LogP contribution in [0.5, 0.6) is 0 Å². The van der Waals surface area contributed by atoms with Crippen LogP contribution in [0.2, 0.25) is 0 Å². The van der Waals surface area contributed by atoms with E-state index in [-0.39, 0.29) is 0 Å². The topological polar surface area (TPSA) is 30.8 Å². The van der Waals surface area contributed by atoms with E-state index < -0.39 is 0 Å². The molecule has 1 rings (SSSR count). The van der Waals surface area contributed by atoms with E-state index in [4.69, 9.17) is 9.47 Å². The molecular weight excluding hydrogens is 166 g/mol. The van der Waals surface area contributed by atoms with Crippen LogP contribution in [-0.4, -0.2) is 19.7 Å². The summed E-state index contributed by atoms with van der Waals surface area (Å²) >= 11 is 0. The van der Waals surface area contributed by atoms with Gasteiger partial charge in [-0.2, -0.15) is 0 Å². The van der Waals surface area contributed by atoms with Crippen LogP contribution < -0.4 is 0 Å². The molecule has 0 unspecified atom stereocenters. The van der Waals surface area contributed by atoms with Gasteiger partial charge < -0.3 is 9.47 Å². The van der Waals surface area contributed by atoms with Crippen LogP contribution in [0, 0.1) is 5.92 Å². The molecule has 13 heavy (non-hydrogen) atoms. The summed E-state index contributed by atoms with van der Waals surface area (Å²) in [6.07, 6.45) is 1.38. The minimum absolute atomic E-state index is 0.390. The molecular formula is C10H17NO2. The van der Waals surface area contributed by atoms with Gasteiger partial charge in [-0.05, 0) is 12.0 Å².